The summed E-state index contributed by atoms with van der Waals surface area (Å²) in [6.07, 6.45) is 8.18. The average molecular weight is 761 g/mol. The highest BCUT2D eigenvalue weighted by Crippen LogP contribution is 2.47. The van der Waals surface area contributed by atoms with Crippen molar-refractivity contribution in [2.45, 2.75) is 13.3 Å². The normalized spacial score (nSPS) is 14.5. The fourth-order valence-electron chi connectivity index (χ4n) is 9.41. The van der Waals surface area contributed by atoms with Crippen molar-refractivity contribution in [1.82, 2.24) is 0 Å². The molecule has 0 nitrogen and oxygen atoms in total. The topological polar surface area (TPSA) is 0 Å². The van der Waals surface area contributed by atoms with E-state index in [9.17, 15) is 0 Å². The second kappa shape index (κ2) is 12.9. The number of thiophene rings is 2. The summed E-state index contributed by atoms with van der Waals surface area (Å²) in [5.41, 5.74) is 10.3. The largest absolute Gasteiger partial charge is 0.134 e. The van der Waals surface area contributed by atoms with E-state index in [1.165, 1.54) is 117 Å². The van der Waals surface area contributed by atoms with Crippen LogP contribution in [0.4, 0.5) is 0 Å². The Hall–Kier alpha value is -6.32. The number of hydrogen-bond acceptors (Lipinski definition) is 2. The molecule has 0 saturated carbocycles. The third-order valence-corrected chi connectivity index (χ3v) is 14.8. The molecule has 1 aliphatic rings. The molecule has 0 N–H and O–H groups in total. The van der Waals surface area contributed by atoms with Crippen LogP contribution in [-0.2, 0) is 0 Å². The molecule has 57 heavy (non-hydrogen) atoms. The summed E-state index contributed by atoms with van der Waals surface area (Å²) in [7, 11) is 0. The molecule has 0 bridgehead atoms. The van der Waals surface area contributed by atoms with Crippen LogP contribution in [0.1, 0.15) is 18.9 Å². The van der Waals surface area contributed by atoms with Gasteiger partial charge in [-0.3, -0.25) is 0 Å². The minimum Gasteiger partial charge on any atom is -0.134 e. The number of rotatable bonds is 4. The van der Waals surface area contributed by atoms with Gasteiger partial charge in [0.05, 0.1) is 0 Å². The molecule has 12 rings (SSSR count). The van der Waals surface area contributed by atoms with Crippen LogP contribution in [0, 0.1) is 5.92 Å². The number of hydrogen-bond donors (Lipinski definition) is 0. The van der Waals surface area contributed by atoms with Crippen molar-refractivity contribution in [2.75, 3.05) is 0 Å². The van der Waals surface area contributed by atoms with E-state index in [4.69, 9.17) is 0 Å². The zero-order valence-electron chi connectivity index (χ0n) is 31.4. The van der Waals surface area contributed by atoms with Crippen LogP contribution < -0.4 is 0 Å². The van der Waals surface area contributed by atoms with Crippen molar-refractivity contribution >= 4 is 101 Å². The van der Waals surface area contributed by atoms with Crippen molar-refractivity contribution in [2.24, 2.45) is 5.92 Å². The third-order valence-electron chi connectivity index (χ3n) is 12.2. The Kier molecular flexibility index (Phi) is 7.42. The van der Waals surface area contributed by atoms with Gasteiger partial charge < -0.3 is 0 Å². The van der Waals surface area contributed by atoms with E-state index in [1.54, 1.807) is 0 Å². The average Bonchev–Trinajstić information content (AvgIpc) is 3.86. The number of fused-ring (bicyclic) bond motifs is 12. The zero-order chi connectivity index (χ0) is 37.6. The molecule has 0 saturated heterocycles. The molecule has 0 aliphatic heterocycles. The first-order valence-electron chi connectivity index (χ1n) is 19.9. The molecular weight excluding hydrogens is 725 g/mol. The van der Waals surface area contributed by atoms with E-state index in [-0.39, 0.29) is 0 Å². The van der Waals surface area contributed by atoms with Crippen molar-refractivity contribution < 1.29 is 0 Å². The lowest BCUT2D eigenvalue weighted by molar-refractivity contribution is 0.739. The summed E-state index contributed by atoms with van der Waals surface area (Å²) >= 11 is 3.87. The molecule has 0 fully saturated rings. The maximum absolute atomic E-state index is 2.43. The summed E-state index contributed by atoms with van der Waals surface area (Å²) < 4.78 is 5.40. The summed E-state index contributed by atoms with van der Waals surface area (Å²) in [5.74, 6) is 0.599. The fraction of sp³-hybridized carbons (Fsp3) is 0.0545. The van der Waals surface area contributed by atoms with Gasteiger partial charge in [-0.15, -0.1) is 22.7 Å². The van der Waals surface area contributed by atoms with Gasteiger partial charge >= 0.3 is 0 Å². The molecule has 2 heteroatoms. The standard InChI is InChI=1S/C55H36S2/c1-33-25-27-34(28-26-33)38-17-7-21-47-48-22-8-18-39(53(48)56-52(38)47)35-11-6-12-36(31-35)40-19-9-23-49-50-24-10-20-41(55(50)57-54(40)49)37-29-30-46-44-15-3-2-13-42(44)43-14-4-5-16-45(43)51(46)32-37/h2-25,27-33H,26H2,1H3. The van der Waals surface area contributed by atoms with Crippen molar-refractivity contribution in [3.05, 3.63) is 188 Å². The first kappa shape index (κ1) is 32.9. The lowest BCUT2D eigenvalue weighted by atomic mass is 9.92. The maximum Gasteiger partial charge on any atom is 0.0434 e. The molecule has 2 aromatic heterocycles. The maximum atomic E-state index is 2.43. The molecule has 11 aromatic rings. The van der Waals surface area contributed by atoms with Gasteiger partial charge in [-0.1, -0.05) is 177 Å². The first-order chi connectivity index (χ1) is 28.2. The van der Waals surface area contributed by atoms with E-state index in [0.29, 0.717) is 5.92 Å². The molecule has 0 radical (unpaired) electrons. The van der Waals surface area contributed by atoms with E-state index in [1.807, 2.05) is 22.7 Å². The minimum atomic E-state index is 0.599. The fourth-order valence-corrected chi connectivity index (χ4v) is 12.1. The summed E-state index contributed by atoms with van der Waals surface area (Å²) in [4.78, 5) is 0. The molecule has 9 aromatic carbocycles. The van der Waals surface area contributed by atoms with Crippen molar-refractivity contribution in [3.63, 3.8) is 0 Å². The Bertz CT molecular complexity index is 3480. The van der Waals surface area contributed by atoms with E-state index < -0.39 is 0 Å². The van der Waals surface area contributed by atoms with Crippen molar-refractivity contribution in [3.8, 4) is 33.4 Å². The molecule has 0 amide bonds. The highest BCUT2D eigenvalue weighted by molar-refractivity contribution is 7.27. The highest BCUT2D eigenvalue weighted by Gasteiger charge is 2.18. The van der Waals surface area contributed by atoms with Gasteiger partial charge in [0.1, 0.15) is 0 Å². The Balaban J connectivity index is 0.995. The van der Waals surface area contributed by atoms with Crippen molar-refractivity contribution in [1.29, 1.82) is 0 Å². The van der Waals surface area contributed by atoms with Gasteiger partial charge in [0.2, 0.25) is 0 Å². The Morgan fingerprint density at radius 3 is 1.26 bits per heavy atom. The summed E-state index contributed by atoms with van der Waals surface area (Å²) in [6, 6.07) is 61.4. The lowest BCUT2D eigenvalue weighted by Gasteiger charge is -2.12. The van der Waals surface area contributed by atoms with Crippen LogP contribution in [0.2, 0.25) is 0 Å². The first-order valence-corrected chi connectivity index (χ1v) is 21.5. The smallest absolute Gasteiger partial charge is 0.0434 e. The lowest BCUT2D eigenvalue weighted by Crippen LogP contribution is -1.94. The van der Waals surface area contributed by atoms with Gasteiger partial charge in [-0.2, -0.15) is 0 Å². The van der Waals surface area contributed by atoms with Crippen LogP contribution in [0.3, 0.4) is 0 Å². The van der Waals surface area contributed by atoms with Crippen LogP contribution >= 0.6 is 22.7 Å². The van der Waals surface area contributed by atoms with Gasteiger partial charge in [0.25, 0.3) is 0 Å². The predicted molar refractivity (Wildman–Crippen MR) is 252 cm³/mol. The Morgan fingerprint density at radius 2 is 0.772 bits per heavy atom. The molecule has 1 aliphatic carbocycles. The summed E-state index contributed by atoms with van der Waals surface area (Å²) in [6.45, 7) is 2.29. The van der Waals surface area contributed by atoms with E-state index >= 15 is 0 Å². The number of allylic oxidation sites excluding steroid dienone is 4. The van der Waals surface area contributed by atoms with E-state index in [2.05, 4.69) is 189 Å². The van der Waals surface area contributed by atoms with Crippen LogP contribution in [0.5, 0.6) is 0 Å². The van der Waals surface area contributed by atoms with Crippen LogP contribution in [-0.4, -0.2) is 0 Å². The molecule has 1 unspecified atom stereocenters. The molecular formula is C55H36S2. The third kappa shape index (κ3) is 5.11. The molecule has 268 valence electrons. The predicted octanol–water partition coefficient (Wildman–Crippen LogP) is 16.9. The monoisotopic (exact) mass is 760 g/mol. The second-order valence-corrected chi connectivity index (χ2v) is 17.6. The highest BCUT2D eigenvalue weighted by atomic mass is 32.1. The van der Waals surface area contributed by atoms with Crippen LogP contribution in [0.25, 0.3) is 112 Å². The number of benzene rings is 9. The van der Waals surface area contributed by atoms with Crippen LogP contribution in [0.15, 0.2) is 182 Å². The Labute approximate surface area is 339 Å². The zero-order valence-corrected chi connectivity index (χ0v) is 33.1. The van der Waals surface area contributed by atoms with Gasteiger partial charge in [-0.05, 0) is 101 Å². The SMILES string of the molecule is CC1C=CC(c2cccc3c2sc2c(-c4cccc(-c5cccc6c5sc5c(-c7ccc8c9ccccc9c9ccccc9c8c7)cccc56)c4)cccc23)=CC1. The molecule has 1 atom stereocenters. The summed E-state index contributed by atoms with van der Waals surface area (Å²) in [5, 5.41) is 13.2. The van der Waals surface area contributed by atoms with Gasteiger partial charge in [-0.25, -0.2) is 0 Å². The van der Waals surface area contributed by atoms with Gasteiger partial charge in [0.15, 0.2) is 0 Å². The molecule has 2 heterocycles. The minimum absolute atomic E-state index is 0.599. The second-order valence-electron chi connectivity index (χ2n) is 15.6. The molecule has 0 spiro atoms. The quantitative estimate of drug-likeness (QED) is 0.157. The van der Waals surface area contributed by atoms with E-state index in [0.717, 1.165) is 6.42 Å². The Morgan fingerprint density at radius 1 is 0.368 bits per heavy atom. The van der Waals surface area contributed by atoms with Gasteiger partial charge in [0, 0.05) is 40.3 Å².